The molecule has 0 radical (unpaired) electrons. The number of urea groups is 1. The number of methoxy groups -OCH3 is 1. The SMILES string of the molecule is COc1ccc(CCC(=O)O[C@H](C)C(=O)NC(N)=O)cc1. The van der Waals surface area contributed by atoms with Crippen molar-refractivity contribution in [3.63, 3.8) is 0 Å². The van der Waals surface area contributed by atoms with Crippen LogP contribution in [0.4, 0.5) is 4.79 Å². The Labute approximate surface area is 122 Å². The van der Waals surface area contributed by atoms with E-state index >= 15 is 0 Å². The summed E-state index contributed by atoms with van der Waals surface area (Å²) < 4.78 is 9.93. The molecular weight excluding hydrogens is 276 g/mol. The van der Waals surface area contributed by atoms with Crippen LogP contribution in [0, 0.1) is 0 Å². The third-order valence-electron chi connectivity index (χ3n) is 2.70. The van der Waals surface area contributed by atoms with Gasteiger partial charge >= 0.3 is 12.0 Å². The molecule has 0 saturated carbocycles. The van der Waals surface area contributed by atoms with Gasteiger partial charge in [0.1, 0.15) is 5.75 Å². The molecule has 0 aliphatic carbocycles. The van der Waals surface area contributed by atoms with E-state index in [0.717, 1.165) is 11.3 Å². The number of carbonyl (C=O) groups is 3. The van der Waals surface area contributed by atoms with Gasteiger partial charge in [-0.2, -0.15) is 0 Å². The number of nitrogens with one attached hydrogen (secondary N) is 1. The van der Waals surface area contributed by atoms with E-state index in [1.165, 1.54) is 6.92 Å². The first kappa shape index (κ1) is 16.5. The van der Waals surface area contributed by atoms with Crippen LogP contribution in [0.1, 0.15) is 18.9 Å². The van der Waals surface area contributed by atoms with Gasteiger partial charge in [-0.3, -0.25) is 14.9 Å². The molecule has 7 heteroatoms. The second-order valence-electron chi connectivity index (χ2n) is 4.33. The van der Waals surface area contributed by atoms with Gasteiger partial charge in [-0.25, -0.2) is 4.79 Å². The number of primary amides is 1. The van der Waals surface area contributed by atoms with E-state index in [0.29, 0.717) is 6.42 Å². The highest BCUT2D eigenvalue weighted by molar-refractivity contribution is 5.96. The molecule has 0 aliphatic heterocycles. The van der Waals surface area contributed by atoms with E-state index in [9.17, 15) is 14.4 Å². The molecule has 0 bridgehead atoms. The maximum Gasteiger partial charge on any atom is 0.318 e. The number of amides is 3. The summed E-state index contributed by atoms with van der Waals surface area (Å²) in [6.45, 7) is 1.36. The van der Waals surface area contributed by atoms with Crippen molar-refractivity contribution in [3.8, 4) is 5.75 Å². The van der Waals surface area contributed by atoms with Gasteiger partial charge in [-0.15, -0.1) is 0 Å². The number of rotatable bonds is 6. The Morgan fingerprint density at radius 1 is 1.24 bits per heavy atom. The van der Waals surface area contributed by atoms with E-state index in [1.54, 1.807) is 19.2 Å². The number of hydrogen-bond acceptors (Lipinski definition) is 5. The summed E-state index contributed by atoms with van der Waals surface area (Å²) in [5, 5.41) is 1.84. The number of aryl methyl sites for hydroxylation is 1. The number of esters is 1. The third-order valence-corrected chi connectivity index (χ3v) is 2.70. The van der Waals surface area contributed by atoms with Crippen LogP contribution in [0.2, 0.25) is 0 Å². The standard InChI is InChI=1S/C14H18N2O5/c1-9(13(18)16-14(15)19)21-12(17)8-5-10-3-6-11(20-2)7-4-10/h3-4,6-7,9H,5,8H2,1-2H3,(H3,15,16,18,19)/t9-/m1/s1. The highest BCUT2D eigenvalue weighted by Crippen LogP contribution is 2.12. The van der Waals surface area contributed by atoms with E-state index < -0.39 is 24.0 Å². The van der Waals surface area contributed by atoms with Gasteiger partial charge in [-0.1, -0.05) is 12.1 Å². The van der Waals surface area contributed by atoms with Crippen LogP contribution in [0.25, 0.3) is 0 Å². The lowest BCUT2D eigenvalue weighted by molar-refractivity contribution is -0.154. The summed E-state index contributed by atoms with van der Waals surface area (Å²) in [7, 11) is 1.57. The van der Waals surface area contributed by atoms with Crippen molar-refractivity contribution in [1.82, 2.24) is 5.32 Å². The van der Waals surface area contributed by atoms with Crippen molar-refractivity contribution >= 4 is 17.9 Å². The fraction of sp³-hybridized carbons (Fsp3) is 0.357. The molecule has 3 N–H and O–H groups in total. The lowest BCUT2D eigenvalue weighted by atomic mass is 10.1. The van der Waals surface area contributed by atoms with Crippen LogP contribution < -0.4 is 15.8 Å². The number of ether oxygens (including phenoxy) is 2. The summed E-state index contributed by atoms with van der Waals surface area (Å²) in [5.74, 6) is -0.545. The zero-order valence-corrected chi connectivity index (χ0v) is 11.9. The highest BCUT2D eigenvalue weighted by atomic mass is 16.5. The van der Waals surface area contributed by atoms with Crippen LogP contribution in [-0.2, 0) is 20.7 Å². The summed E-state index contributed by atoms with van der Waals surface area (Å²) in [6.07, 6.45) is -0.464. The fourth-order valence-corrected chi connectivity index (χ4v) is 1.57. The summed E-state index contributed by atoms with van der Waals surface area (Å²) >= 11 is 0. The van der Waals surface area contributed by atoms with Crippen LogP contribution in [0.15, 0.2) is 24.3 Å². The van der Waals surface area contributed by atoms with Crippen molar-refractivity contribution in [3.05, 3.63) is 29.8 Å². The molecule has 1 aromatic carbocycles. The van der Waals surface area contributed by atoms with Crippen LogP contribution >= 0.6 is 0 Å². The first-order chi connectivity index (χ1) is 9.92. The predicted molar refractivity (Wildman–Crippen MR) is 74.6 cm³/mol. The zero-order chi connectivity index (χ0) is 15.8. The smallest absolute Gasteiger partial charge is 0.318 e. The minimum atomic E-state index is -1.07. The molecule has 1 atom stereocenters. The molecule has 114 valence electrons. The molecule has 0 aromatic heterocycles. The molecule has 21 heavy (non-hydrogen) atoms. The second-order valence-corrected chi connectivity index (χ2v) is 4.33. The Morgan fingerprint density at radius 3 is 2.38 bits per heavy atom. The lowest BCUT2D eigenvalue weighted by Crippen LogP contribution is -2.42. The summed E-state index contributed by atoms with van der Waals surface area (Å²) in [6, 6.07) is 6.29. The van der Waals surface area contributed by atoms with Gasteiger partial charge in [-0.05, 0) is 31.0 Å². The average Bonchev–Trinajstić information content (AvgIpc) is 2.44. The van der Waals surface area contributed by atoms with Crippen LogP contribution in [0.3, 0.4) is 0 Å². The van der Waals surface area contributed by atoms with Crippen molar-refractivity contribution in [1.29, 1.82) is 0 Å². The molecule has 7 nitrogen and oxygen atoms in total. The van der Waals surface area contributed by atoms with Crippen molar-refractivity contribution in [2.45, 2.75) is 25.9 Å². The monoisotopic (exact) mass is 294 g/mol. The van der Waals surface area contributed by atoms with E-state index in [4.69, 9.17) is 15.2 Å². The van der Waals surface area contributed by atoms with Gasteiger partial charge in [0.15, 0.2) is 6.10 Å². The minimum absolute atomic E-state index is 0.126. The first-order valence-electron chi connectivity index (χ1n) is 6.35. The fourth-order valence-electron chi connectivity index (χ4n) is 1.57. The quantitative estimate of drug-likeness (QED) is 0.753. The molecule has 0 heterocycles. The van der Waals surface area contributed by atoms with Crippen molar-refractivity contribution in [2.24, 2.45) is 5.73 Å². The Kier molecular flexibility index (Phi) is 6.19. The number of carbonyl (C=O) groups excluding carboxylic acids is 3. The number of imide groups is 1. The Hall–Kier alpha value is -2.57. The van der Waals surface area contributed by atoms with E-state index in [1.807, 2.05) is 17.4 Å². The van der Waals surface area contributed by atoms with Crippen LogP contribution in [-0.4, -0.2) is 31.1 Å². The molecule has 0 saturated heterocycles. The van der Waals surface area contributed by atoms with Crippen molar-refractivity contribution in [2.75, 3.05) is 7.11 Å². The second kappa shape index (κ2) is 7.88. The topological polar surface area (TPSA) is 108 Å². The molecule has 0 aliphatic rings. The molecule has 0 fully saturated rings. The Bertz CT molecular complexity index is 513. The highest BCUT2D eigenvalue weighted by Gasteiger charge is 2.18. The predicted octanol–water partition coefficient (Wildman–Crippen LogP) is 0.754. The summed E-state index contributed by atoms with van der Waals surface area (Å²) in [5.41, 5.74) is 5.74. The average molecular weight is 294 g/mol. The molecule has 3 amide bonds. The van der Waals surface area contributed by atoms with Gasteiger partial charge in [0.25, 0.3) is 5.91 Å². The largest absolute Gasteiger partial charge is 0.497 e. The molecule has 0 unspecified atom stereocenters. The number of nitrogens with two attached hydrogens (primary N) is 1. The maximum atomic E-state index is 11.6. The number of hydrogen-bond donors (Lipinski definition) is 2. The zero-order valence-electron chi connectivity index (χ0n) is 11.9. The molecule has 1 rings (SSSR count). The minimum Gasteiger partial charge on any atom is -0.497 e. The van der Waals surface area contributed by atoms with E-state index in [-0.39, 0.29) is 6.42 Å². The maximum absolute atomic E-state index is 11.6. The van der Waals surface area contributed by atoms with Gasteiger partial charge < -0.3 is 15.2 Å². The van der Waals surface area contributed by atoms with E-state index in [2.05, 4.69) is 0 Å². The lowest BCUT2D eigenvalue weighted by Gasteiger charge is -2.12. The first-order valence-corrected chi connectivity index (χ1v) is 6.35. The number of benzene rings is 1. The van der Waals surface area contributed by atoms with Crippen LogP contribution in [0.5, 0.6) is 5.75 Å². The molecule has 1 aromatic rings. The third kappa shape index (κ3) is 5.94. The Morgan fingerprint density at radius 2 is 1.86 bits per heavy atom. The van der Waals surface area contributed by atoms with Crippen molar-refractivity contribution < 1.29 is 23.9 Å². The van der Waals surface area contributed by atoms with Gasteiger partial charge in [0.05, 0.1) is 7.11 Å². The summed E-state index contributed by atoms with van der Waals surface area (Å²) in [4.78, 5) is 33.4. The van der Waals surface area contributed by atoms with Gasteiger partial charge in [0, 0.05) is 6.42 Å². The normalized spacial score (nSPS) is 11.3. The van der Waals surface area contributed by atoms with Gasteiger partial charge in [0.2, 0.25) is 0 Å². The molecular formula is C14H18N2O5. The molecule has 0 spiro atoms. The Balaban J connectivity index is 2.39.